The van der Waals surface area contributed by atoms with Gasteiger partial charge in [0.15, 0.2) is 0 Å². The zero-order valence-corrected chi connectivity index (χ0v) is 10.6. The van der Waals surface area contributed by atoms with Crippen LogP contribution in [0.5, 0.6) is 0 Å². The minimum absolute atomic E-state index is 0. The lowest BCUT2D eigenvalue weighted by Gasteiger charge is -2.26. The topological polar surface area (TPSA) is 38.9 Å². The minimum Gasteiger partial charge on any atom is -0.319 e. The van der Waals surface area contributed by atoms with Crippen LogP contribution in [0.1, 0.15) is 11.6 Å². The van der Waals surface area contributed by atoms with E-state index in [1.165, 1.54) is 0 Å². The fourth-order valence-corrected chi connectivity index (χ4v) is 1.49. The first-order valence-corrected chi connectivity index (χ1v) is 4.85. The molecule has 1 rings (SSSR count). The lowest BCUT2D eigenvalue weighted by molar-refractivity contribution is -0.291. The minimum atomic E-state index is -5.77. The van der Waals surface area contributed by atoms with Crippen LogP contribution >= 0.6 is 35.6 Å². The average Bonchev–Trinajstić information content (AvgIpc) is 2.14. The van der Waals surface area contributed by atoms with Crippen LogP contribution in [0.2, 0.25) is 10.3 Å². The third kappa shape index (κ3) is 3.34. The van der Waals surface area contributed by atoms with Crippen molar-refractivity contribution in [3.8, 4) is 0 Å². The molecule has 2 N–H and O–H groups in total. The van der Waals surface area contributed by atoms with Gasteiger partial charge in [-0.2, -0.15) is 22.0 Å². The standard InChI is InChI=1S/C8H5Cl2F5N2.ClH/c9-4-2-1-3(6(10)17-4)5(16)7(11,12)8(13,14)15;/h1-2,5H,16H2;1H/t5-;/m0./s1. The van der Waals surface area contributed by atoms with E-state index >= 15 is 0 Å². The summed E-state index contributed by atoms with van der Waals surface area (Å²) >= 11 is 10.8. The van der Waals surface area contributed by atoms with Crippen molar-refractivity contribution in [2.24, 2.45) is 5.73 Å². The van der Waals surface area contributed by atoms with Crippen molar-refractivity contribution in [1.82, 2.24) is 4.98 Å². The maximum absolute atomic E-state index is 12.9. The first-order chi connectivity index (χ1) is 7.57. The number of rotatable bonds is 2. The molecule has 18 heavy (non-hydrogen) atoms. The lowest BCUT2D eigenvalue weighted by Crippen LogP contribution is -2.46. The monoisotopic (exact) mass is 330 g/mol. The second-order valence-electron chi connectivity index (χ2n) is 3.11. The van der Waals surface area contributed by atoms with Crippen molar-refractivity contribution in [3.05, 3.63) is 28.0 Å². The number of hydrogen-bond acceptors (Lipinski definition) is 2. The zero-order chi connectivity index (χ0) is 13.4. The number of halogens is 8. The average molecular weight is 331 g/mol. The molecule has 104 valence electrons. The molecule has 1 heterocycles. The summed E-state index contributed by atoms with van der Waals surface area (Å²) in [7, 11) is 0. The summed E-state index contributed by atoms with van der Waals surface area (Å²) in [6, 6.07) is -0.739. The van der Waals surface area contributed by atoms with Gasteiger partial charge in [0, 0.05) is 5.56 Å². The molecule has 1 aromatic rings. The van der Waals surface area contributed by atoms with Crippen molar-refractivity contribution < 1.29 is 22.0 Å². The molecule has 0 saturated carbocycles. The molecule has 0 spiro atoms. The highest BCUT2D eigenvalue weighted by Crippen LogP contribution is 2.44. The fraction of sp³-hybridized carbons (Fsp3) is 0.375. The van der Waals surface area contributed by atoms with Crippen LogP contribution in [-0.4, -0.2) is 17.1 Å². The molecule has 0 aliphatic carbocycles. The first-order valence-electron chi connectivity index (χ1n) is 4.09. The Morgan fingerprint density at radius 2 is 1.61 bits per heavy atom. The van der Waals surface area contributed by atoms with Gasteiger partial charge in [0.1, 0.15) is 16.3 Å². The molecule has 0 aliphatic rings. The zero-order valence-electron chi connectivity index (χ0n) is 8.31. The molecular formula is C8H6Cl3F5N2. The Kier molecular flexibility index (Phi) is 5.61. The van der Waals surface area contributed by atoms with Gasteiger partial charge in [-0.25, -0.2) is 4.98 Å². The van der Waals surface area contributed by atoms with Gasteiger partial charge in [-0.3, -0.25) is 0 Å². The summed E-state index contributed by atoms with van der Waals surface area (Å²) in [5.74, 6) is -5.11. The Morgan fingerprint density at radius 1 is 1.11 bits per heavy atom. The van der Waals surface area contributed by atoms with Gasteiger partial charge in [-0.05, 0) is 6.07 Å². The molecule has 0 fully saturated rings. The molecule has 1 atom stereocenters. The lowest BCUT2D eigenvalue weighted by atomic mass is 10.0. The molecular weight excluding hydrogens is 325 g/mol. The maximum atomic E-state index is 12.9. The normalized spacial score (nSPS) is 14.0. The Hall–Kier alpha value is -0.370. The van der Waals surface area contributed by atoms with E-state index in [4.69, 9.17) is 28.9 Å². The van der Waals surface area contributed by atoms with Crippen LogP contribution < -0.4 is 5.73 Å². The van der Waals surface area contributed by atoms with Crippen molar-refractivity contribution >= 4 is 35.6 Å². The molecule has 0 aromatic carbocycles. The highest BCUT2D eigenvalue weighted by atomic mass is 35.5. The largest absolute Gasteiger partial charge is 0.455 e. The molecule has 0 bridgehead atoms. The Bertz CT molecular complexity index is 424. The number of hydrogen-bond donors (Lipinski definition) is 1. The quantitative estimate of drug-likeness (QED) is 0.657. The Labute approximate surface area is 115 Å². The predicted molar refractivity (Wildman–Crippen MR) is 59.4 cm³/mol. The molecule has 0 unspecified atom stereocenters. The van der Waals surface area contributed by atoms with Crippen LogP contribution in [0.3, 0.4) is 0 Å². The van der Waals surface area contributed by atoms with Gasteiger partial charge >= 0.3 is 12.1 Å². The van der Waals surface area contributed by atoms with Gasteiger partial charge in [-0.1, -0.05) is 29.3 Å². The number of alkyl halides is 5. The summed E-state index contributed by atoms with van der Waals surface area (Å²) in [5, 5.41) is -0.727. The second-order valence-corrected chi connectivity index (χ2v) is 3.86. The number of nitrogens with zero attached hydrogens (tertiary/aromatic N) is 1. The van der Waals surface area contributed by atoms with E-state index in [1.807, 2.05) is 0 Å². The van der Waals surface area contributed by atoms with Gasteiger partial charge in [-0.15, -0.1) is 12.4 Å². The smallest absolute Gasteiger partial charge is 0.319 e. The van der Waals surface area contributed by atoms with Crippen molar-refractivity contribution in [1.29, 1.82) is 0 Å². The van der Waals surface area contributed by atoms with Gasteiger partial charge in [0.25, 0.3) is 0 Å². The SMILES string of the molecule is Cl.N[C@@H](c1ccc(Cl)nc1Cl)C(F)(F)C(F)(F)F. The number of nitrogens with two attached hydrogens (primary N) is 1. The Morgan fingerprint density at radius 3 is 2.00 bits per heavy atom. The number of aromatic nitrogens is 1. The van der Waals surface area contributed by atoms with E-state index in [0.29, 0.717) is 0 Å². The van der Waals surface area contributed by atoms with E-state index in [2.05, 4.69) is 4.98 Å². The molecule has 0 amide bonds. The second kappa shape index (κ2) is 5.73. The van der Waals surface area contributed by atoms with Gasteiger partial charge < -0.3 is 5.73 Å². The van der Waals surface area contributed by atoms with E-state index in [1.54, 1.807) is 0 Å². The Balaban J connectivity index is 0.00000289. The summed E-state index contributed by atoms with van der Waals surface area (Å²) in [6.45, 7) is 0. The summed E-state index contributed by atoms with van der Waals surface area (Å²) in [4.78, 5) is 3.34. The number of pyridine rings is 1. The molecule has 0 saturated heterocycles. The fourth-order valence-electron chi connectivity index (χ4n) is 1.03. The summed E-state index contributed by atoms with van der Waals surface area (Å²) < 4.78 is 62.0. The van der Waals surface area contributed by atoms with Gasteiger partial charge in [0.05, 0.1) is 0 Å². The predicted octanol–water partition coefficient (Wildman–Crippen LogP) is 4.01. The van der Waals surface area contributed by atoms with Crippen molar-refractivity contribution in [2.45, 2.75) is 18.1 Å². The van der Waals surface area contributed by atoms with Crippen LogP contribution in [0.4, 0.5) is 22.0 Å². The molecule has 2 nitrogen and oxygen atoms in total. The highest BCUT2D eigenvalue weighted by Gasteiger charge is 2.62. The molecule has 0 aliphatic heterocycles. The van der Waals surface area contributed by atoms with Crippen LogP contribution in [0.25, 0.3) is 0 Å². The van der Waals surface area contributed by atoms with Crippen LogP contribution in [-0.2, 0) is 0 Å². The van der Waals surface area contributed by atoms with E-state index in [9.17, 15) is 22.0 Å². The summed E-state index contributed by atoms with van der Waals surface area (Å²) in [5.41, 5.74) is 4.25. The third-order valence-electron chi connectivity index (χ3n) is 1.95. The van der Waals surface area contributed by atoms with Crippen LogP contribution in [0, 0.1) is 0 Å². The first kappa shape index (κ1) is 17.6. The van der Waals surface area contributed by atoms with Crippen LogP contribution in [0.15, 0.2) is 12.1 Å². The third-order valence-corrected chi connectivity index (χ3v) is 2.46. The molecule has 10 heteroatoms. The van der Waals surface area contributed by atoms with E-state index in [0.717, 1.165) is 12.1 Å². The molecule has 0 radical (unpaired) electrons. The van der Waals surface area contributed by atoms with Gasteiger partial charge in [0.2, 0.25) is 0 Å². The van der Waals surface area contributed by atoms with Crippen molar-refractivity contribution in [3.63, 3.8) is 0 Å². The molecule has 1 aromatic heterocycles. The van der Waals surface area contributed by atoms with Crippen molar-refractivity contribution in [2.75, 3.05) is 0 Å². The van der Waals surface area contributed by atoms with E-state index < -0.39 is 28.9 Å². The van der Waals surface area contributed by atoms with E-state index in [-0.39, 0.29) is 17.6 Å². The maximum Gasteiger partial charge on any atom is 0.455 e. The highest BCUT2D eigenvalue weighted by molar-refractivity contribution is 6.32. The summed E-state index contributed by atoms with van der Waals surface area (Å²) in [6.07, 6.45) is -5.77.